The van der Waals surface area contributed by atoms with Crippen LogP contribution in [0.2, 0.25) is 0 Å². The number of aryl methyl sites for hydroxylation is 1. The van der Waals surface area contributed by atoms with Crippen LogP contribution in [0.15, 0.2) is 12.1 Å². The molecular formula is C15H17F3N2O3. The maximum Gasteiger partial charge on any atom is 0.433 e. The number of hydrogen-bond acceptors (Lipinski definition) is 4. The van der Waals surface area contributed by atoms with E-state index in [4.69, 9.17) is 0 Å². The Morgan fingerprint density at radius 2 is 1.87 bits per heavy atom. The second kappa shape index (κ2) is 6.55. The number of ether oxygens (including phenoxy) is 1. The highest BCUT2D eigenvalue weighted by Gasteiger charge is 2.34. The van der Waals surface area contributed by atoms with E-state index < -0.39 is 11.9 Å². The molecule has 0 unspecified atom stereocenters. The van der Waals surface area contributed by atoms with Gasteiger partial charge in [0, 0.05) is 13.1 Å². The SMILES string of the molecule is COC(=O)C1CCN(C(=O)c2ccc(C(F)(F)F)nc2C)CC1. The molecule has 5 nitrogen and oxygen atoms in total. The maximum atomic E-state index is 12.6. The number of halogens is 3. The molecular weight excluding hydrogens is 313 g/mol. The van der Waals surface area contributed by atoms with E-state index in [9.17, 15) is 22.8 Å². The van der Waals surface area contributed by atoms with E-state index in [1.54, 1.807) is 0 Å². The molecule has 8 heteroatoms. The Morgan fingerprint density at radius 3 is 2.35 bits per heavy atom. The molecule has 1 aromatic rings. The first-order valence-electron chi connectivity index (χ1n) is 7.16. The van der Waals surface area contributed by atoms with Crippen LogP contribution in [-0.2, 0) is 15.7 Å². The normalized spacial score (nSPS) is 16.3. The average Bonchev–Trinajstić information content (AvgIpc) is 2.52. The number of likely N-dealkylation sites (tertiary alicyclic amines) is 1. The molecule has 1 aromatic heterocycles. The van der Waals surface area contributed by atoms with E-state index in [0.717, 1.165) is 12.1 Å². The van der Waals surface area contributed by atoms with Gasteiger partial charge in [0.25, 0.3) is 5.91 Å². The van der Waals surface area contributed by atoms with Crippen LogP contribution in [0, 0.1) is 12.8 Å². The highest BCUT2D eigenvalue weighted by Crippen LogP contribution is 2.28. The number of pyridine rings is 1. The number of methoxy groups -OCH3 is 1. The molecule has 1 saturated heterocycles. The molecule has 1 amide bonds. The summed E-state index contributed by atoms with van der Waals surface area (Å²) >= 11 is 0. The summed E-state index contributed by atoms with van der Waals surface area (Å²) in [5.74, 6) is -0.910. The first-order valence-corrected chi connectivity index (χ1v) is 7.16. The Balaban J connectivity index is 2.09. The third kappa shape index (κ3) is 3.80. The van der Waals surface area contributed by atoms with E-state index >= 15 is 0 Å². The van der Waals surface area contributed by atoms with E-state index in [0.29, 0.717) is 25.9 Å². The summed E-state index contributed by atoms with van der Waals surface area (Å²) in [6.07, 6.45) is -3.58. The van der Waals surface area contributed by atoms with Crippen molar-refractivity contribution < 1.29 is 27.5 Å². The number of nitrogens with zero attached hydrogens (tertiary/aromatic N) is 2. The van der Waals surface area contributed by atoms with E-state index in [1.165, 1.54) is 18.9 Å². The van der Waals surface area contributed by atoms with Crippen LogP contribution >= 0.6 is 0 Å². The van der Waals surface area contributed by atoms with Crippen molar-refractivity contribution in [3.63, 3.8) is 0 Å². The minimum absolute atomic E-state index is 0.0416. The first kappa shape index (κ1) is 17.2. The van der Waals surface area contributed by atoms with Gasteiger partial charge in [0.2, 0.25) is 0 Å². The van der Waals surface area contributed by atoms with E-state index in [2.05, 4.69) is 9.72 Å². The monoisotopic (exact) mass is 330 g/mol. The van der Waals surface area contributed by atoms with Crippen molar-refractivity contribution >= 4 is 11.9 Å². The van der Waals surface area contributed by atoms with Crippen LogP contribution in [0.3, 0.4) is 0 Å². The van der Waals surface area contributed by atoms with Gasteiger partial charge in [0.15, 0.2) is 0 Å². The zero-order valence-corrected chi connectivity index (χ0v) is 12.8. The summed E-state index contributed by atoms with van der Waals surface area (Å²) < 4.78 is 42.5. The molecule has 0 N–H and O–H groups in total. The fourth-order valence-corrected chi connectivity index (χ4v) is 2.60. The summed E-state index contributed by atoms with van der Waals surface area (Å²) in [5.41, 5.74) is -0.828. The molecule has 0 radical (unpaired) electrons. The van der Waals surface area contributed by atoms with E-state index in [-0.39, 0.29) is 29.1 Å². The molecule has 23 heavy (non-hydrogen) atoms. The number of esters is 1. The van der Waals surface area contributed by atoms with Crippen molar-refractivity contribution in [2.24, 2.45) is 5.92 Å². The molecule has 1 aliphatic rings. The van der Waals surface area contributed by atoms with Crippen molar-refractivity contribution in [2.45, 2.75) is 25.9 Å². The van der Waals surface area contributed by atoms with Crippen LogP contribution in [-0.4, -0.2) is 42.0 Å². The number of carbonyl (C=O) groups is 2. The Morgan fingerprint density at radius 1 is 1.26 bits per heavy atom. The molecule has 2 heterocycles. The lowest BCUT2D eigenvalue weighted by molar-refractivity contribution is -0.146. The van der Waals surface area contributed by atoms with Gasteiger partial charge in [-0.1, -0.05) is 0 Å². The van der Waals surface area contributed by atoms with Crippen molar-refractivity contribution in [1.29, 1.82) is 0 Å². The number of alkyl halides is 3. The van der Waals surface area contributed by atoms with E-state index in [1.807, 2.05) is 0 Å². The summed E-state index contributed by atoms with van der Waals surface area (Å²) in [7, 11) is 1.32. The third-order valence-electron chi connectivity index (χ3n) is 3.92. The predicted molar refractivity (Wildman–Crippen MR) is 74.6 cm³/mol. The quantitative estimate of drug-likeness (QED) is 0.782. The van der Waals surface area contributed by atoms with Gasteiger partial charge in [-0.15, -0.1) is 0 Å². The number of hydrogen-bond donors (Lipinski definition) is 0. The lowest BCUT2D eigenvalue weighted by atomic mass is 9.96. The van der Waals surface area contributed by atoms with Crippen LogP contribution < -0.4 is 0 Å². The topological polar surface area (TPSA) is 59.5 Å². The number of rotatable bonds is 2. The fraction of sp³-hybridized carbons (Fsp3) is 0.533. The highest BCUT2D eigenvalue weighted by atomic mass is 19.4. The number of piperidine rings is 1. The smallest absolute Gasteiger partial charge is 0.433 e. The van der Waals surface area contributed by atoms with Gasteiger partial charge in [-0.05, 0) is 31.9 Å². The van der Waals surface area contributed by atoms with Crippen molar-refractivity contribution in [2.75, 3.05) is 20.2 Å². The Hall–Kier alpha value is -2.12. The van der Waals surface area contributed by atoms with Gasteiger partial charge in [-0.2, -0.15) is 13.2 Å². The number of amides is 1. The molecule has 0 atom stereocenters. The molecule has 0 aliphatic carbocycles. The zero-order valence-electron chi connectivity index (χ0n) is 12.8. The zero-order chi connectivity index (χ0) is 17.2. The van der Waals surface area contributed by atoms with Gasteiger partial charge >= 0.3 is 12.1 Å². The number of aromatic nitrogens is 1. The lowest BCUT2D eigenvalue weighted by Crippen LogP contribution is -2.40. The van der Waals surface area contributed by atoms with Gasteiger partial charge < -0.3 is 9.64 Å². The minimum Gasteiger partial charge on any atom is -0.469 e. The molecule has 0 saturated carbocycles. The summed E-state index contributed by atoms with van der Waals surface area (Å²) in [6.45, 7) is 2.10. The summed E-state index contributed by atoms with van der Waals surface area (Å²) in [5, 5.41) is 0. The molecule has 1 fully saturated rings. The van der Waals surface area contributed by atoms with Crippen LogP contribution in [0.5, 0.6) is 0 Å². The molecule has 1 aliphatic heterocycles. The minimum atomic E-state index is -4.54. The molecule has 0 spiro atoms. The third-order valence-corrected chi connectivity index (χ3v) is 3.92. The standard InChI is InChI=1S/C15H17F3N2O3/c1-9-11(3-4-12(19-9)15(16,17)18)13(21)20-7-5-10(6-8-20)14(22)23-2/h3-4,10H,5-8H2,1-2H3. The Kier molecular flexibility index (Phi) is 4.91. The summed E-state index contributed by atoms with van der Waals surface area (Å²) in [6, 6.07) is 1.96. The molecule has 0 bridgehead atoms. The van der Waals surface area contributed by atoms with Gasteiger partial charge in [0.1, 0.15) is 5.69 Å². The average molecular weight is 330 g/mol. The van der Waals surface area contributed by atoms with Crippen molar-refractivity contribution in [3.05, 3.63) is 29.1 Å². The molecule has 126 valence electrons. The van der Waals surface area contributed by atoms with Gasteiger partial charge in [-0.25, -0.2) is 4.98 Å². The van der Waals surface area contributed by atoms with Gasteiger partial charge in [0.05, 0.1) is 24.3 Å². The second-order valence-corrected chi connectivity index (χ2v) is 5.42. The number of carbonyl (C=O) groups excluding carboxylic acids is 2. The maximum absolute atomic E-state index is 12.6. The lowest BCUT2D eigenvalue weighted by Gasteiger charge is -2.31. The largest absolute Gasteiger partial charge is 0.469 e. The van der Waals surface area contributed by atoms with Crippen LogP contribution in [0.25, 0.3) is 0 Å². The Bertz CT molecular complexity index is 608. The second-order valence-electron chi connectivity index (χ2n) is 5.42. The predicted octanol–water partition coefficient (Wildman–Crippen LogP) is 2.43. The first-order chi connectivity index (χ1) is 10.7. The fourth-order valence-electron chi connectivity index (χ4n) is 2.60. The van der Waals surface area contributed by atoms with Gasteiger partial charge in [-0.3, -0.25) is 9.59 Å². The molecule has 2 rings (SSSR count). The van der Waals surface area contributed by atoms with Crippen LogP contribution in [0.1, 0.15) is 34.6 Å². The summed E-state index contributed by atoms with van der Waals surface area (Å²) in [4.78, 5) is 28.9. The van der Waals surface area contributed by atoms with Crippen molar-refractivity contribution in [3.8, 4) is 0 Å². The Labute approximate surface area is 131 Å². The highest BCUT2D eigenvalue weighted by molar-refractivity contribution is 5.95. The molecule has 0 aromatic carbocycles. The van der Waals surface area contributed by atoms with Crippen LogP contribution in [0.4, 0.5) is 13.2 Å². The van der Waals surface area contributed by atoms with Crippen molar-refractivity contribution in [1.82, 2.24) is 9.88 Å².